The molecule has 25 heavy (non-hydrogen) atoms. The molecule has 1 aromatic carbocycles. The Hall–Kier alpha value is -3.66. The van der Waals surface area contributed by atoms with E-state index in [2.05, 4.69) is 26.0 Å². The molecule has 3 aromatic heterocycles. The molecule has 3 heterocycles. The van der Waals surface area contributed by atoms with Crippen molar-refractivity contribution in [3.05, 3.63) is 42.1 Å². The Morgan fingerprint density at radius 3 is 2.72 bits per heavy atom. The number of rotatable bonds is 3. The summed E-state index contributed by atoms with van der Waals surface area (Å²) in [6.07, 6.45) is 6.91. The number of aromatic nitrogens is 4. The lowest BCUT2D eigenvalue weighted by atomic mass is 10.2. The SMILES string of the molecule is C#Cc1ccc(-c2nc(-c3ccc4oc(N(C)C)nc4c3)no2)nc1. The molecule has 7 heteroatoms. The molecule has 7 nitrogen and oxygen atoms in total. The van der Waals surface area contributed by atoms with Gasteiger partial charge >= 0.3 is 0 Å². The molecule has 0 atom stereocenters. The number of terminal acetylenes is 1. The highest BCUT2D eigenvalue weighted by molar-refractivity contribution is 5.80. The zero-order chi connectivity index (χ0) is 17.4. The van der Waals surface area contributed by atoms with Crippen LogP contribution in [0.15, 0.2) is 45.5 Å². The van der Waals surface area contributed by atoms with Crippen molar-refractivity contribution in [3.8, 4) is 35.3 Å². The largest absolute Gasteiger partial charge is 0.423 e. The number of benzene rings is 1. The maximum Gasteiger partial charge on any atom is 0.297 e. The minimum Gasteiger partial charge on any atom is -0.423 e. The maximum absolute atomic E-state index is 5.64. The average Bonchev–Trinajstić information content (AvgIpc) is 3.28. The van der Waals surface area contributed by atoms with Crippen LogP contribution >= 0.6 is 0 Å². The lowest BCUT2D eigenvalue weighted by Crippen LogP contribution is -2.08. The lowest BCUT2D eigenvalue weighted by molar-refractivity contribution is 0.431. The molecule has 0 radical (unpaired) electrons. The molecule has 4 rings (SSSR count). The van der Waals surface area contributed by atoms with Crippen molar-refractivity contribution in [2.45, 2.75) is 0 Å². The predicted octanol–water partition coefficient (Wildman–Crippen LogP) is 2.99. The average molecular weight is 331 g/mol. The van der Waals surface area contributed by atoms with Gasteiger partial charge < -0.3 is 13.8 Å². The molecule has 4 aromatic rings. The second-order valence-electron chi connectivity index (χ2n) is 5.57. The molecule has 0 aliphatic rings. The summed E-state index contributed by atoms with van der Waals surface area (Å²) in [6.45, 7) is 0. The Kier molecular flexibility index (Phi) is 3.43. The van der Waals surface area contributed by atoms with E-state index in [4.69, 9.17) is 15.4 Å². The normalized spacial score (nSPS) is 10.8. The molecular weight excluding hydrogens is 318 g/mol. The topological polar surface area (TPSA) is 81.1 Å². The van der Waals surface area contributed by atoms with Crippen molar-refractivity contribution in [2.24, 2.45) is 0 Å². The Labute approximate surface area is 143 Å². The Morgan fingerprint density at radius 2 is 2.00 bits per heavy atom. The highest BCUT2D eigenvalue weighted by Gasteiger charge is 2.14. The minimum absolute atomic E-state index is 0.327. The van der Waals surface area contributed by atoms with Crippen molar-refractivity contribution < 1.29 is 8.94 Å². The van der Waals surface area contributed by atoms with Gasteiger partial charge in [0.25, 0.3) is 11.9 Å². The van der Waals surface area contributed by atoms with Crippen LogP contribution in [0.3, 0.4) is 0 Å². The zero-order valence-corrected chi connectivity index (χ0v) is 13.6. The maximum atomic E-state index is 5.64. The van der Waals surface area contributed by atoms with Gasteiger partial charge in [-0.3, -0.25) is 0 Å². The van der Waals surface area contributed by atoms with Crippen molar-refractivity contribution in [2.75, 3.05) is 19.0 Å². The van der Waals surface area contributed by atoms with E-state index in [0.717, 1.165) is 11.1 Å². The van der Waals surface area contributed by atoms with E-state index in [0.29, 0.717) is 34.6 Å². The van der Waals surface area contributed by atoms with Crippen molar-refractivity contribution in [1.29, 1.82) is 0 Å². The summed E-state index contributed by atoms with van der Waals surface area (Å²) in [5, 5.41) is 4.02. The van der Waals surface area contributed by atoms with E-state index >= 15 is 0 Å². The van der Waals surface area contributed by atoms with Crippen LogP contribution in [0.1, 0.15) is 5.56 Å². The molecule has 0 saturated heterocycles. The first-order valence-electron chi connectivity index (χ1n) is 7.49. The third kappa shape index (κ3) is 2.70. The van der Waals surface area contributed by atoms with Gasteiger partial charge in [-0.15, -0.1) is 6.42 Å². The molecule has 0 saturated carbocycles. The summed E-state index contributed by atoms with van der Waals surface area (Å²) in [6, 6.07) is 9.61. The Bertz CT molecular complexity index is 1090. The van der Waals surface area contributed by atoms with Crippen LogP contribution in [-0.2, 0) is 0 Å². The van der Waals surface area contributed by atoms with Crippen molar-refractivity contribution in [3.63, 3.8) is 0 Å². The predicted molar refractivity (Wildman–Crippen MR) is 92.8 cm³/mol. The molecule has 0 unspecified atom stereocenters. The summed E-state index contributed by atoms with van der Waals surface area (Å²) < 4.78 is 10.9. The van der Waals surface area contributed by atoms with Gasteiger partial charge in [-0.05, 0) is 30.3 Å². The van der Waals surface area contributed by atoms with Gasteiger partial charge in [-0.2, -0.15) is 9.97 Å². The van der Waals surface area contributed by atoms with Crippen LogP contribution < -0.4 is 4.90 Å². The number of pyridine rings is 1. The molecule has 0 fully saturated rings. The van der Waals surface area contributed by atoms with Gasteiger partial charge in [0.05, 0.1) is 0 Å². The van der Waals surface area contributed by atoms with E-state index < -0.39 is 0 Å². The number of hydrogen-bond acceptors (Lipinski definition) is 7. The fourth-order valence-corrected chi connectivity index (χ4v) is 2.30. The first-order valence-corrected chi connectivity index (χ1v) is 7.49. The number of fused-ring (bicyclic) bond motifs is 1. The zero-order valence-electron chi connectivity index (χ0n) is 13.6. The first-order chi connectivity index (χ1) is 12.1. The van der Waals surface area contributed by atoms with E-state index in [1.807, 2.05) is 32.3 Å². The van der Waals surface area contributed by atoms with Gasteiger partial charge in [0.1, 0.15) is 11.2 Å². The molecule has 0 spiro atoms. The van der Waals surface area contributed by atoms with Gasteiger partial charge in [0.15, 0.2) is 5.58 Å². The standard InChI is InChI=1S/C18H13N5O2/c1-4-11-5-7-13(19-10-11)17-21-16(22-25-17)12-6-8-15-14(9-12)20-18(24-15)23(2)3/h1,5-10H,2-3H3. The van der Waals surface area contributed by atoms with Crippen LogP contribution in [0.5, 0.6) is 0 Å². The van der Waals surface area contributed by atoms with Crippen LogP contribution in [0.4, 0.5) is 6.01 Å². The van der Waals surface area contributed by atoms with E-state index in [1.54, 1.807) is 23.2 Å². The fraction of sp³-hybridized carbons (Fsp3) is 0.111. The Balaban J connectivity index is 1.69. The van der Waals surface area contributed by atoms with Gasteiger partial charge in [-0.25, -0.2) is 4.98 Å². The summed E-state index contributed by atoms with van der Waals surface area (Å²) in [5.41, 5.74) is 3.46. The summed E-state index contributed by atoms with van der Waals surface area (Å²) >= 11 is 0. The number of hydrogen-bond donors (Lipinski definition) is 0. The van der Waals surface area contributed by atoms with Gasteiger partial charge in [0, 0.05) is 31.4 Å². The molecular formula is C18H13N5O2. The Morgan fingerprint density at radius 1 is 1.12 bits per heavy atom. The minimum atomic E-state index is 0.327. The second-order valence-corrected chi connectivity index (χ2v) is 5.57. The third-order valence-electron chi connectivity index (χ3n) is 3.59. The van der Waals surface area contributed by atoms with E-state index in [-0.39, 0.29) is 0 Å². The summed E-state index contributed by atoms with van der Waals surface area (Å²) in [5.74, 6) is 3.29. The van der Waals surface area contributed by atoms with E-state index in [1.165, 1.54) is 0 Å². The summed E-state index contributed by atoms with van der Waals surface area (Å²) in [4.78, 5) is 14.8. The van der Waals surface area contributed by atoms with Crippen molar-refractivity contribution in [1.82, 2.24) is 20.1 Å². The molecule has 0 aliphatic heterocycles. The number of nitrogens with zero attached hydrogens (tertiary/aromatic N) is 5. The number of oxazole rings is 1. The van der Waals surface area contributed by atoms with Crippen LogP contribution in [0, 0.1) is 12.3 Å². The van der Waals surface area contributed by atoms with Crippen LogP contribution in [-0.4, -0.2) is 34.2 Å². The monoisotopic (exact) mass is 331 g/mol. The van der Waals surface area contributed by atoms with Crippen LogP contribution in [0.25, 0.3) is 34.1 Å². The quantitative estimate of drug-likeness (QED) is 0.534. The number of anilines is 1. The van der Waals surface area contributed by atoms with E-state index in [9.17, 15) is 0 Å². The van der Waals surface area contributed by atoms with Gasteiger partial charge in [0.2, 0.25) is 5.82 Å². The highest BCUT2D eigenvalue weighted by Crippen LogP contribution is 2.26. The molecule has 122 valence electrons. The smallest absolute Gasteiger partial charge is 0.297 e. The molecule has 0 bridgehead atoms. The molecule has 0 N–H and O–H groups in total. The summed E-state index contributed by atoms with van der Waals surface area (Å²) in [7, 11) is 3.74. The molecule has 0 amide bonds. The fourth-order valence-electron chi connectivity index (χ4n) is 2.30. The molecule has 0 aliphatic carbocycles. The lowest BCUT2D eigenvalue weighted by Gasteiger charge is -2.03. The van der Waals surface area contributed by atoms with Crippen LogP contribution in [0.2, 0.25) is 0 Å². The van der Waals surface area contributed by atoms with Crippen molar-refractivity contribution >= 4 is 17.1 Å². The van der Waals surface area contributed by atoms with Gasteiger partial charge in [-0.1, -0.05) is 11.1 Å². The first kappa shape index (κ1) is 14.9. The third-order valence-corrected chi connectivity index (χ3v) is 3.59. The highest BCUT2D eigenvalue weighted by atomic mass is 16.5. The second kappa shape index (κ2) is 5.76.